The number of aromatic nitrogens is 1. The van der Waals surface area contributed by atoms with Crippen molar-refractivity contribution in [3.8, 4) is 11.5 Å². The molecule has 2 rings (SSSR count). The monoisotopic (exact) mass is 516 g/mol. The fourth-order valence-electron chi connectivity index (χ4n) is 3.00. The van der Waals surface area contributed by atoms with E-state index in [2.05, 4.69) is 34.6 Å². The van der Waals surface area contributed by atoms with Gasteiger partial charge in [-0.1, -0.05) is 25.1 Å². The third kappa shape index (κ3) is 7.75. The van der Waals surface area contributed by atoms with E-state index in [-0.39, 0.29) is 29.7 Å². The van der Waals surface area contributed by atoms with Crippen LogP contribution in [-0.4, -0.2) is 36.4 Å². The smallest absolute Gasteiger partial charge is 0.191 e. The van der Waals surface area contributed by atoms with Gasteiger partial charge in [-0.05, 0) is 43.9 Å². The molecule has 7 nitrogen and oxygen atoms in total. The number of rotatable bonds is 10. The third-order valence-corrected chi connectivity index (χ3v) is 4.67. The topological polar surface area (TPSA) is 91.9 Å². The molecule has 0 fully saturated rings. The first kappa shape index (κ1) is 25.1. The van der Waals surface area contributed by atoms with Gasteiger partial charge in [0.15, 0.2) is 23.2 Å². The van der Waals surface area contributed by atoms with Crippen molar-refractivity contribution in [1.29, 1.82) is 0 Å². The normalized spacial score (nSPS) is 11.3. The van der Waals surface area contributed by atoms with Crippen LogP contribution in [0.3, 0.4) is 0 Å². The fraction of sp³-hybridized carbons (Fsp3) is 0.524. The summed E-state index contributed by atoms with van der Waals surface area (Å²) in [6.45, 7) is 8.27. The van der Waals surface area contributed by atoms with Crippen molar-refractivity contribution in [2.24, 2.45) is 4.99 Å². The van der Waals surface area contributed by atoms with Gasteiger partial charge in [-0.3, -0.25) is 0 Å². The highest BCUT2D eigenvalue weighted by molar-refractivity contribution is 14.0. The van der Waals surface area contributed by atoms with Crippen LogP contribution in [0.2, 0.25) is 0 Å². The molecule has 0 aliphatic rings. The van der Waals surface area contributed by atoms with Gasteiger partial charge in [0.1, 0.15) is 6.54 Å². The number of hydrogen-bond acceptors (Lipinski definition) is 5. The quantitative estimate of drug-likeness (QED) is 0.249. The summed E-state index contributed by atoms with van der Waals surface area (Å²) in [5, 5.41) is 20.4. The van der Waals surface area contributed by atoms with Crippen molar-refractivity contribution in [1.82, 2.24) is 15.8 Å². The number of phenols is 1. The Kier molecular flexibility index (Phi) is 11.5. The minimum absolute atomic E-state index is 0. The van der Waals surface area contributed by atoms with Crippen molar-refractivity contribution in [3.05, 3.63) is 41.3 Å². The SMILES string of the molecule is CCNC(=NCc1cc(C(CC)CC)no1)NCCc1ccc(O)c(OC)c1.I. The second kappa shape index (κ2) is 13.3. The van der Waals surface area contributed by atoms with Crippen LogP contribution in [0.5, 0.6) is 11.5 Å². The summed E-state index contributed by atoms with van der Waals surface area (Å²) in [5.74, 6) is 2.57. The van der Waals surface area contributed by atoms with Crippen LogP contribution in [0.4, 0.5) is 0 Å². The van der Waals surface area contributed by atoms with E-state index < -0.39 is 0 Å². The average molecular weight is 516 g/mol. The highest BCUT2D eigenvalue weighted by atomic mass is 127. The fourth-order valence-corrected chi connectivity index (χ4v) is 3.00. The molecule has 0 unspecified atom stereocenters. The van der Waals surface area contributed by atoms with Crippen LogP contribution in [0.1, 0.15) is 56.5 Å². The van der Waals surface area contributed by atoms with Gasteiger partial charge in [-0.25, -0.2) is 4.99 Å². The second-order valence-electron chi connectivity index (χ2n) is 6.61. The summed E-state index contributed by atoms with van der Waals surface area (Å²) in [6.07, 6.45) is 2.89. The zero-order valence-electron chi connectivity index (χ0n) is 17.7. The Balaban J connectivity index is 0.00000420. The van der Waals surface area contributed by atoms with Gasteiger partial charge in [0, 0.05) is 25.1 Å². The largest absolute Gasteiger partial charge is 0.504 e. The standard InChI is InChI=1S/C21H32N4O3.HI/c1-5-16(6-2)18-13-17(28-25-18)14-24-21(22-7-3)23-11-10-15-8-9-19(26)20(12-15)27-4;/h8-9,12-13,16,26H,5-7,10-11,14H2,1-4H3,(H2,22,23,24);1H. The van der Waals surface area contributed by atoms with E-state index >= 15 is 0 Å². The lowest BCUT2D eigenvalue weighted by Gasteiger charge is -2.11. The molecule has 162 valence electrons. The molecule has 0 atom stereocenters. The maximum Gasteiger partial charge on any atom is 0.191 e. The number of guanidine groups is 1. The molecule has 0 aliphatic heterocycles. The highest BCUT2D eigenvalue weighted by Crippen LogP contribution is 2.26. The summed E-state index contributed by atoms with van der Waals surface area (Å²) < 4.78 is 10.6. The van der Waals surface area contributed by atoms with Gasteiger partial charge in [0.25, 0.3) is 0 Å². The molecule has 2 aromatic rings. The Morgan fingerprint density at radius 1 is 1.21 bits per heavy atom. The minimum atomic E-state index is 0. The number of hydrogen-bond donors (Lipinski definition) is 3. The van der Waals surface area contributed by atoms with Crippen LogP contribution < -0.4 is 15.4 Å². The molecular formula is C21H33IN4O3. The molecule has 0 saturated heterocycles. The van der Waals surface area contributed by atoms with E-state index in [0.29, 0.717) is 24.8 Å². The Bertz CT molecular complexity index is 760. The van der Waals surface area contributed by atoms with Crippen LogP contribution in [0.25, 0.3) is 0 Å². The molecule has 0 spiro atoms. The number of aliphatic imine (C=N–C) groups is 1. The summed E-state index contributed by atoms with van der Waals surface area (Å²) in [4.78, 5) is 4.58. The molecule has 0 saturated carbocycles. The number of nitrogens with one attached hydrogen (secondary N) is 2. The summed E-state index contributed by atoms with van der Waals surface area (Å²) >= 11 is 0. The maximum absolute atomic E-state index is 9.68. The first-order valence-electron chi connectivity index (χ1n) is 9.94. The van der Waals surface area contributed by atoms with Crippen molar-refractivity contribution in [2.75, 3.05) is 20.2 Å². The van der Waals surface area contributed by atoms with Gasteiger partial charge in [-0.2, -0.15) is 0 Å². The lowest BCUT2D eigenvalue weighted by Crippen LogP contribution is -2.38. The van der Waals surface area contributed by atoms with Gasteiger partial charge >= 0.3 is 0 Å². The Labute approximate surface area is 190 Å². The van der Waals surface area contributed by atoms with E-state index in [1.54, 1.807) is 13.2 Å². The molecule has 1 aromatic heterocycles. The van der Waals surface area contributed by atoms with E-state index in [0.717, 1.165) is 48.8 Å². The van der Waals surface area contributed by atoms with E-state index in [1.165, 1.54) is 0 Å². The number of aromatic hydroxyl groups is 1. The number of ether oxygens (including phenoxy) is 1. The number of halogens is 1. The van der Waals surface area contributed by atoms with Crippen molar-refractivity contribution < 1.29 is 14.4 Å². The number of nitrogens with zero attached hydrogens (tertiary/aromatic N) is 2. The van der Waals surface area contributed by atoms with Crippen LogP contribution >= 0.6 is 24.0 Å². The third-order valence-electron chi connectivity index (χ3n) is 4.67. The van der Waals surface area contributed by atoms with Crippen LogP contribution in [0, 0.1) is 0 Å². The van der Waals surface area contributed by atoms with Crippen molar-refractivity contribution in [2.45, 2.75) is 52.5 Å². The maximum atomic E-state index is 9.68. The summed E-state index contributed by atoms with van der Waals surface area (Å²) in [5.41, 5.74) is 2.08. The Morgan fingerprint density at radius 3 is 2.62 bits per heavy atom. The Hall–Kier alpha value is -1.97. The Morgan fingerprint density at radius 2 is 1.97 bits per heavy atom. The molecular weight excluding hydrogens is 483 g/mol. The van der Waals surface area contributed by atoms with Gasteiger partial charge in [-0.15, -0.1) is 24.0 Å². The number of methoxy groups -OCH3 is 1. The predicted molar refractivity (Wildman–Crippen MR) is 126 cm³/mol. The van der Waals surface area contributed by atoms with Gasteiger partial charge in [0.2, 0.25) is 0 Å². The molecule has 0 aliphatic carbocycles. The van der Waals surface area contributed by atoms with Crippen LogP contribution in [0.15, 0.2) is 33.8 Å². The van der Waals surface area contributed by atoms with E-state index in [4.69, 9.17) is 9.26 Å². The number of phenolic OH excluding ortho intramolecular Hbond substituents is 1. The molecule has 8 heteroatoms. The van der Waals surface area contributed by atoms with Gasteiger partial charge < -0.3 is 25.0 Å². The zero-order valence-corrected chi connectivity index (χ0v) is 20.0. The van der Waals surface area contributed by atoms with Crippen molar-refractivity contribution >= 4 is 29.9 Å². The predicted octanol–water partition coefficient (Wildman–Crippen LogP) is 4.21. The van der Waals surface area contributed by atoms with E-state index in [1.807, 2.05) is 25.1 Å². The highest BCUT2D eigenvalue weighted by Gasteiger charge is 2.12. The minimum Gasteiger partial charge on any atom is -0.504 e. The molecule has 0 amide bonds. The lowest BCUT2D eigenvalue weighted by molar-refractivity contribution is 0.372. The second-order valence-corrected chi connectivity index (χ2v) is 6.61. The summed E-state index contributed by atoms with van der Waals surface area (Å²) in [7, 11) is 1.55. The van der Waals surface area contributed by atoms with E-state index in [9.17, 15) is 5.11 Å². The molecule has 0 radical (unpaired) electrons. The van der Waals surface area contributed by atoms with Crippen molar-refractivity contribution in [3.63, 3.8) is 0 Å². The van der Waals surface area contributed by atoms with Crippen LogP contribution in [-0.2, 0) is 13.0 Å². The first-order valence-corrected chi connectivity index (χ1v) is 9.94. The molecule has 1 heterocycles. The number of benzene rings is 1. The average Bonchev–Trinajstić information content (AvgIpc) is 3.17. The first-order chi connectivity index (χ1) is 13.6. The molecule has 1 aromatic carbocycles. The zero-order chi connectivity index (χ0) is 20.4. The summed E-state index contributed by atoms with van der Waals surface area (Å²) in [6, 6.07) is 7.38. The molecule has 29 heavy (non-hydrogen) atoms. The van der Waals surface area contributed by atoms with Gasteiger partial charge in [0.05, 0.1) is 12.8 Å². The molecule has 0 bridgehead atoms. The lowest BCUT2D eigenvalue weighted by atomic mass is 9.99. The molecule has 3 N–H and O–H groups in total.